The Labute approximate surface area is 210 Å². The maximum absolute atomic E-state index is 12.8. The van der Waals surface area contributed by atoms with Crippen LogP contribution in [0.3, 0.4) is 0 Å². The molecule has 9 nitrogen and oxygen atoms in total. The van der Waals surface area contributed by atoms with Crippen LogP contribution in [0.5, 0.6) is 5.75 Å². The number of nitrogens with one attached hydrogen (secondary N) is 1. The number of halogens is 1. The van der Waals surface area contributed by atoms with Crippen LogP contribution in [0, 0.1) is 0 Å². The predicted molar refractivity (Wildman–Crippen MR) is 136 cm³/mol. The molecule has 0 saturated heterocycles. The summed E-state index contributed by atoms with van der Waals surface area (Å²) >= 11 is 3.41. The summed E-state index contributed by atoms with van der Waals surface area (Å²) in [6.07, 6.45) is 1.51. The molecule has 0 radical (unpaired) electrons. The fourth-order valence-corrected chi connectivity index (χ4v) is 3.98. The van der Waals surface area contributed by atoms with Crippen molar-refractivity contribution in [3.63, 3.8) is 0 Å². The number of amides is 1. The van der Waals surface area contributed by atoms with Gasteiger partial charge in [0.15, 0.2) is 5.69 Å². The second kappa shape index (κ2) is 10.2. The highest BCUT2D eigenvalue weighted by Gasteiger charge is 2.17. The fourth-order valence-electron chi connectivity index (χ4n) is 3.20. The van der Waals surface area contributed by atoms with Crippen LogP contribution in [0.15, 0.2) is 93.3 Å². The molecule has 0 saturated carbocycles. The standard InChI is InChI=1S/C24H20BrN5O4S/c1-34-20-10-2-16(3-11-20)15-27-28-24(31)22-14-23(17-4-6-18(25)7-5-17)30(29-22)19-8-12-21(13-9-19)35(26,32)33/h2-15H,1H3,(H,28,31)(H2,26,32,33)/b27-15-. The van der Waals surface area contributed by atoms with E-state index in [1.165, 1.54) is 18.3 Å². The Kier molecular flexibility index (Phi) is 7.10. The number of aromatic nitrogens is 2. The van der Waals surface area contributed by atoms with Crippen molar-refractivity contribution < 1.29 is 17.9 Å². The summed E-state index contributed by atoms with van der Waals surface area (Å²) in [4.78, 5) is 12.8. The minimum atomic E-state index is -3.84. The summed E-state index contributed by atoms with van der Waals surface area (Å²) in [5, 5.41) is 13.6. The van der Waals surface area contributed by atoms with Crippen molar-refractivity contribution in [2.75, 3.05) is 7.11 Å². The lowest BCUT2D eigenvalue weighted by atomic mass is 10.1. The molecule has 4 aromatic rings. The largest absolute Gasteiger partial charge is 0.497 e. The zero-order valence-electron chi connectivity index (χ0n) is 18.4. The van der Waals surface area contributed by atoms with Gasteiger partial charge in [0.2, 0.25) is 10.0 Å². The van der Waals surface area contributed by atoms with Crippen LogP contribution in [0.1, 0.15) is 16.1 Å². The van der Waals surface area contributed by atoms with Crippen molar-refractivity contribution in [3.05, 3.63) is 94.6 Å². The Bertz CT molecular complexity index is 1480. The third kappa shape index (κ3) is 5.83. The molecule has 0 unspecified atom stereocenters. The maximum Gasteiger partial charge on any atom is 0.291 e. The number of methoxy groups -OCH3 is 1. The van der Waals surface area contributed by atoms with Gasteiger partial charge in [0.25, 0.3) is 5.91 Å². The van der Waals surface area contributed by atoms with Gasteiger partial charge < -0.3 is 4.74 Å². The van der Waals surface area contributed by atoms with Gasteiger partial charge in [-0.2, -0.15) is 10.2 Å². The predicted octanol–water partition coefficient (Wildman–Crippen LogP) is 3.72. The van der Waals surface area contributed by atoms with Crippen molar-refractivity contribution >= 4 is 38.1 Å². The molecule has 35 heavy (non-hydrogen) atoms. The van der Waals surface area contributed by atoms with Gasteiger partial charge in [-0.1, -0.05) is 28.1 Å². The van der Waals surface area contributed by atoms with E-state index in [-0.39, 0.29) is 10.6 Å². The monoisotopic (exact) mass is 553 g/mol. The van der Waals surface area contributed by atoms with E-state index in [4.69, 9.17) is 9.88 Å². The number of ether oxygens (including phenoxy) is 1. The molecule has 3 aromatic carbocycles. The van der Waals surface area contributed by atoms with Gasteiger partial charge in [-0.15, -0.1) is 0 Å². The quantitative estimate of drug-likeness (QED) is 0.266. The van der Waals surface area contributed by atoms with E-state index < -0.39 is 15.9 Å². The third-order valence-electron chi connectivity index (χ3n) is 4.99. The van der Waals surface area contributed by atoms with Crippen LogP contribution in [-0.4, -0.2) is 37.4 Å². The summed E-state index contributed by atoms with van der Waals surface area (Å²) < 4.78 is 30.8. The van der Waals surface area contributed by atoms with Crippen molar-refractivity contribution in [3.8, 4) is 22.7 Å². The van der Waals surface area contributed by atoms with E-state index in [0.717, 1.165) is 15.6 Å². The Morgan fingerprint density at radius 2 is 1.71 bits per heavy atom. The van der Waals surface area contributed by atoms with Gasteiger partial charge in [0.1, 0.15) is 5.75 Å². The maximum atomic E-state index is 12.8. The average molecular weight is 554 g/mol. The van der Waals surface area contributed by atoms with E-state index >= 15 is 0 Å². The Morgan fingerprint density at radius 3 is 2.31 bits per heavy atom. The second-order valence-corrected chi connectivity index (χ2v) is 9.82. The van der Waals surface area contributed by atoms with Gasteiger partial charge in [-0.25, -0.2) is 23.7 Å². The third-order valence-corrected chi connectivity index (χ3v) is 6.45. The average Bonchev–Trinajstić information content (AvgIpc) is 3.30. The lowest BCUT2D eigenvalue weighted by Crippen LogP contribution is -2.18. The molecule has 0 atom stereocenters. The summed E-state index contributed by atoms with van der Waals surface area (Å²) in [6.45, 7) is 0. The first-order valence-electron chi connectivity index (χ1n) is 10.2. The number of nitrogens with two attached hydrogens (primary N) is 1. The minimum absolute atomic E-state index is 0.0237. The number of hydrazone groups is 1. The van der Waals surface area contributed by atoms with E-state index in [0.29, 0.717) is 17.1 Å². The molecule has 0 fully saturated rings. The van der Waals surface area contributed by atoms with Gasteiger partial charge in [0, 0.05) is 10.0 Å². The number of carbonyl (C=O) groups is 1. The summed E-state index contributed by atoms with van der Waals surface area (Å²) in [7, 11) is -2.25. The number of hydrogen-bond acceptors (Lipinski definition) is 6. The number of rotatable bonds is 7. The summed E-state index contributed by atoms with van der Waals surface area (Å²) in [6, 6.07) is 22.2. The highest BCUT2D eigenvalue weighted by atomic mass is 79.9. The molecule has 178 valence electrons. The molecular formula is C24H20BrN5O4S. The van der Waals surface area contributed by atoms with Gasteiger partial charge in [-0.3, -0.25) is 4.79 Å². The lowest BCUT2D eigenvalue weighted by molar-refractivity contribution is 0.0949. The van der Waals surface area contributed by atoms with E-state index in [9.17, 15) is 13.2 Å². The molecule has 4 rings (SSSR count). The molecule has 3 N–H and O–H groups in total. The number of hydrogen-bond donors (Lipinski definition) is 2. The number of primary sulfonamides is 1. The van der Waals surface area contributed by atoms with Crippen LogP contribution < -0.4 is 15.3 Å². The molecule has 1 aromatic heterocycles. The van der Waals surface area contributed by atoms with E-state index in [1.54, 1.807) is 54.3 Å². The Morgan fingerprint density at radius 1 is 1.06 bits per heavy atom. The van der Waals surface area contributed by atoms with Crippen molar-refractivity contribution in [2.45, 2.75) is 4.90 Å². The first-order chi connectivity index (χ1) is 16.7. The normalized spacial score (nSPS) is 11.5. The molecule has 1 amide bonds. The number of benzene rings is 3. The van der Waals surface area contributed by atoms with Crippen molar-refractivity contribution in [2.24, 2.45) is 10.2 Å². The molecule has 11 heteroatoms. The Balaban J connectivity index is 1.64. The van der Waals surface area contributed by atoms with Gasteiger partial charge in [0.05, 0.1) is 29.6 Å². The highest BCUT2D eigenvalue weighted by Crippen LogP contribution is 2.26. The highest BCUT2D eigenvalue weighted by molar-refractivity contribution is 9.10. The molecule has 0 aliphatic rings. The van der Waals surface area contributed by atoms with Crippen LogP contribution in [0.2, 0.25) is 0 Å². The molecule has 1 heterocycles. The van der Waals surface area contributed by atoms with E-state index in [2.05, 4.69) is 31.6 Å². The minimum Gasteiger partial charge on any atom is -0.497 e. The molecule has 0 spiro atoms. The first kappa shape index (κ1) is 24.3. The first-order valence-corrected chi connectivity index (χ1v) is 12.6. The van der Waals surface area contributed by atoms with Crippen LogP contribution in [0.25, 0.3) is 16.9 Å². The van der Waals surface area contributed by atoms with E-state index in [1.807, 2.05) is 24.3 Å². The fraction of sp³-hybridized carbons (Fsp3) is 0.0417. The smallest absolute Gasteiger partial charge is 0.291 e. The number of sulfonamides is 1. The topological polar surface area (TPSA) is 129 Å². The zero-order valence-corrected chi connectivity index (χ0v) is 20.8. The number of carbonyl (C=O) groups excluding carboxylic acids is 1. The molecule has 0 aliphatic heterocycles. The van der Waals surface area contributed by atoms with Gasteiger partial charge in [-0.05, 0) is 72.3 Å². The lowest BCUT2D eigenvalue weighted by Gasteiger charge is -2.08. The van der Waals surface area contributed by atoms with Crippen molar-refractivity contribution in [1.82, 2.24) is 15.2 Å². The molecule has 0 bridgehead atoms. The van der Waals surface area contributed by atoms with Crippen molar-refractivity contribution in [1.29, 1.82) is 0 Å². The molecule has 0 aliphatic carbocycles. The van der Waals surface area contributed by atoms with Crippen LogP contribution >= 0.6 is 15.9 Å². The second-order valence-electron chi connectivity index (χ2n) is 7.34. The summed E-state index contributed by atoms with van der Waals surface area (Å²) in [5.74, 6) is 0.210. The van der Waals surface area contributed by atoms with Gasteiger partial charge >= 0.3 is 0 Å². The SMILES string of the molecule is COc1ccc(/C=N\NC(=O)c2cc(-c3ccc(Br)cc3)n(-c3ccc(S(N)(=O)=O)cc3)n2)cc1. The van der Waals surface area contributed by atoms with Crippen LogP contribution in [0.4, 0.5) is 0 Å². The zero-order chi connectivity index (χ0) is 25.0. The number of nitrogens with zero attached hydrogens (tertiary/aromatic N) is 3. The molecular weight excluding hydrogens is 534 g/mol. The summed E-state index contributed by atoms with van der Waals surface area (Å²) in [5.41, 5.74) is 5.37. The van der Waals surface area contributed by atoms with Crippen LogP contribution in [-0.2, 0) is 10.0 Å². The Hall–Kier alpha value is -3.80.